The van der Waals surface area contributed by atoms with Crippen molar-refractivity contribution in [1.29, 1.82) is 0 Å². The van der Waals surface area contributed by atoms with Gasteiger partial charge in [-0.25, -0.2) is 0 Å². The molecular weight excluding hydrogens is 156 g/mol. The maximum Gasteiger partial charge on any atom is 0.317 e. The Balaban J connectivity index is 2.52. The molecule has 0 spiro atoms. The normalized spacial score (nSPS) is 36.9. The van der Waals surface area contributed by atoms with E-state index in [2.05, 4.69) is 6.58 Å². The average molecular weight is 164 g/mol. The molecule has 1 aliphatic rings. The molecule has 2 nitrogen and oxygen atoms in total. The summed E-state index contributed by atoms with van der Waals surface area (Å²) >= 11 is -2.02. The second kappa shape index (κ2) is 2.96. The van der Waals surface area contributed by atoms with Gasteiger partial charge in [0.1, 0.15) is 11.5 Å². The van der Waals surface area contributed by atoms with Crippen LogP contribution in [-0.4, -0.2) is 20.6 Å². The van der Waals surface area contributed by atoms with Crippen LogP contribution in [0.4, 0.5) is 0 Å². The lowest BCUT2D eigenvalue weighted by Crippen LogP contribution is -2.25. The van der Waals surface area contributed by atoms with E-state index >= 15 is 0 Å². The molecule has 0 aromatic rings. The summed E-state index contributed by atoms with van der Waals surface area (Å²) in [7, 11) is 0. The molecule has 0 saturated carbocycles. The van der Waals surface area contributed by atoms with E-state index < -0.39 is 22.4 Å². The summed E-state index contributed by atoms with van der Waals surface area (Å²) in [6.07, 6.45) is 0.804. The minimum atomic E-state index is -1.01. The van der Waals surface area contributed by atoms with Crippen LogP contribution in [0.15, 0.2) is 10.8 Å². The Bertz CT molecular complexity index is 114. The van der Waals surface area contributed by atoms with E-state index in [1.807, 2.05) is 0 Å². The molecule has 0 aliphatic carbocycles. The fraction of sp³-hybridized carbons (Fsp3) is 0.600. The second-order valence-electron chi connectivity index (χ2n) is 1.82. The fourth-order valence-corrected chi connectivity index (χ4v) is 3.43. The van der Waals surface area contributed by atoms with Crippen LogP contribution in [0.25, 0.3) is 0 Å². The molecule has 1 aliphatic heterocycles. The Morgan fingerprint density at radius 1 is 1.22 bits per heavy atom. The van der Waals surface area contributed by atoms with Crippen LogP contribution in [0, 0.1) is 0 Å². The Morgan fingerprint density at radius 3 is 2.00 bits per heavy atom. The summed E-state index contributed by atoms with van der Waals surface area (Å²) in [5.74, 6) is 1.29. The Morgan fingerprint density at radius 2 is 1.67 bits per heavy atom. The van der Waals surface area contributed by atoms with Crippen molar-refractivity contribution in [3.05, 3.63) is 10.8 Å². The monoisotopic (exact) mass is 164 g/mol. The van der Waals surface area contributed by atoms with Crippen LogP contribution in [0.3, 0.4) is 0 Å². The van der Waals surface area contributed by atoms with Crippen molar-refractivity contribution < 1.29 is 9.11 Å². The highest BCUT2D eigenvalue weighted by atomic mass is 32.3. The van der Waals surface area contributed by atoms with E-state index in [0.29, 0.717) is 15.7 Å². The minimum absolute atomic E-state index is 0.418. The lowest BCUT2D eigenvalue weighted by Gasteiger charge is -2.19. The Kier molecular flexibility index (Phi) is 2.46. The molecular formula is C5H8O2S2. The summed E-state index contributed by atoms with van der Waals surface area (Å²) in [6.45, 7) is 3.48. The zero-order valence-electron chi connectivity index (χ0n) is 4.96. The highest BCUT2D eigenvalue weighted by molar-refractivity contribution is 8.14. The van der Waals surface area contributed by atoms with Gasteiger partial charge in [-0.05, 0) is 0 Å². The average Bonchev–Trinajstić information content (AvgIpc) is 1.83. The molecule has 2 unspecified atom stereocenters. The lowest BCUT2D eigenvalue weighted by molar-refractivity contribution is 0.585. The van der Waals surface area contributed by atoms with Crippen LogP contribution in [0.1, 0.15) is 6.42 Å². The van der Waals surface area contributed by atoms with E-state index in [0.717, 1.165) is 6.42 Å². The van der Waals surface area contributed by atoms with Gasteiger partial charge in [-0.1, -0.05) is 0 Å². The van der Waals surface area contributed by atoms with E-state index in [4.69, 9.17) is 0 Å². The Hall–Kier alpha value is 0.360. The molecule has 1 heterocycles. The molecule has 4 heteroatoms. The van der Waals surface area contributed by atoms with Crippen molar-refractivity contribution in [2.24, 2.45) is 0 Å². The van der Waals surface area contributed by atoms with E-state index in [-0.39, 0.29) is 0 Å². The van der Waals surface area contributed by atoms with E-state index in [1.54, 1.807) is 0 Å². The van der Waals surface area contributed by atoms with Crippen molar-refractivity contribution >= 4 is 22.4 Å². The van der Waals surface area contributed by atoms with Crippen LogP contribution in [0.2, 0.25) is 0 Å². The smallest absolute Gasteiger partial charge is 0.317 e. The first kappa shape index (κ1) is 7.47. The molecule has 0 bridgehead atoms. The predicted octanol–water partition coefficient (Wildman–Crippen LogP) is 0.359. The van der Waals surface area contributed by atoms with Gasteiger partial charge < -0.3 is 9.11 Å². The third-order valence-electron chi connectivity index (χ3n) is 1.17. The van der Waals surface area contributed by atoms with Gasteiger partial charge in [0, 0.05) is 35.4 Å². The molecule has 0 aromatic carbocycles. The first-order chi connectivity index (χ1) is 4.22. The Labute approximate surface area is 60.7 Å². The molecule has 1 fully saturated rings. The molecule has 2 atom stereocenters. The summed E-state index contributed by atoms with van der Waals surface area (Å²) in [5.41, 5.74) is 0. The van der Waals surface area contributed by atoms with Crippen LogP contribution >= 0.6 is 0 Å². The molecule has 9 heavy (non-hydrogen) atoms. The zero-order valence-corrected chi connectivity index (χ0v) is 6.59. The van der Waals surface area contributed by atoms with Gasteiger partial charge in [0.05, 0.1) is 0 Å². The second-order valence-corrected chi connectivity index (χ2v) is 5.27. The predicted molar refractivity (Wildman–Crippen MR) is 39.8 cm³/mol. The van der Waals surface area contributed by atoms with Gasteiger partial charge in [0.15, 0.2) is 0 Å². The first-order valence-electron chi connectivity index (χ1n) is 2.67. The van der Waals surface area contributed by atoms with E-state index in [1.165, 1.54) is 0 Å². The largest absolute Gasteiger partial charge is 0.608 e. The zero-order chi connectivity index (χ0) is 6.85. The topological polar surface area (TPSA) is 46.1 Å². The van der Waals surface area contributed by atoms with Crippen molar-refractivity contribution in [2.75, 3.05) is 11.5 Å². The molecule has 1 saturated heterocycles. The van der Waals surface area contributed by atoms with Gasteiger partial charge in [0.25, 0.3) is 0 Å². The SMILES string of the molecule is C=C1[S+]([O-])CCC[S+]1[O-]. The number of hydrogen-bond acceptors (Lipinski definition) is 2. The van der Waals surface area contributed by atoms with Crippen molar-refractivity contribution in [1.82, 2.24) is 0 Å². The van der Waals surface area contributed by atoms with Crippen molar-refractivity contribution in [3.63, 3.8) is 0 Å². The molecule has 0 aromatic heterocycles. The van der Waals surface area contributed by atoms with Crippen molar-refractivity contribution in [2.45, 2.75) is 6.42 Å². The number of hydrogen-bond donors (Lipinski definition) is 0. The summed E-state index contributed by atoms with van der Waals surface area (Å²) in [4.78, 5) is 0. The minimum Gasteiger partial charge on any atom is -0.608 e. The maximum atomic E-state index is 10.8. The van der Waals surface area contributed by atoms with Crippen LogP contribution in [-0.2, 0) is 22.4 Å². The quantitative estimate of drug-likeness (QED) is 0.485. The molecule has 0 radical (unpaired) electrons. The van der Waals surface area contributed by atoms with Crippen LogP contribution in [0.5, 0.6) is 0 Å². The van der Waals surface area contributed by atoms with Crippen LogP contribution < -0.4 is 0 Å². The van der Waals surface area contributed by atoms with Gasteiger partial charge >= 0.3 is 4.24 Å². The van der Waals surface area contributed by atoms with Gasteiger partial charge in [-0.15, -0.1) is 0 Å². The first-order valence-corrected chi connectivity index (χ1v) is 5.31. The molecule has 0 amide bonds. The van der Waals surface area contributed by atoms with Gasteiger partial charge in [-0.3, -0.25) is 0 Å². The maximum absolute atomic E-state index is 10.8. The summed E-state index contributed by atoms with van der Waals surface area (Å²) in [6, 6.07) is 0. The molecule has 52 valence electrons. The van der Waals surface area contributed by atoms with Gasteiger partial charge in [0.2, 0.25) is 0 Å². The molecule has 1 rings (SSSR count). The van der Waals surface area contributed by atoms with E-state index in [9.17, 15) is 9.11 Å². The standard InChI is InChI=1S/C5H8O2S2/c1-5-8(6)3-2-4-9(5)7/h1-4H2. The summed E-state index contributed by atoms with van der Waals surface area (Å²) in [5, 5.41) is 0. The lowest BCUT2D eigenvalue weighted by atomic mass is 10.6. The third-order valence-corrected chi connectivity index (χ3v) is 4.62. The highest BCUT2D eigenvalue weighted by Crippen LogP contribution is 2.21. The van der Waals surface area contributed by atoms with Crippen molar-refractivity contribution in [3.8, 4) is 0 Å². The third kappa shape index (κ3) is 1.64. The highest BCUT2D eigenvalue weighted by Gasteiger charge is 2.30. The van der Waals surface area contributed by atoms with Gasteiger partial charge in [-0.2, -0.15) is 0 Å². The fourth-order valence-electron chi connectivity index (χ4n) is 0.652. The summed E-state index contributed by atoms with van der Waals surface area (Å²) < 4.78 is 22.1. The number of rotatable bonds is 0. The molecule has 0 N–H and O–H groups in total.